The van der Waals surface area contributed by atoms with Crippen molar-refractivity contribution in [2.24, 2.45) is 0 Å². The molecule has 3 rings (SSSR count). The molecule has 0 atom stereocenters. The minimum absolute atomic E-state index is 0.280. The first kappa shape index (κ1) is 19.2. The Bertz CT molecular complexity index is 955. The molecule has 144 valence electrons. The van der Waals surface area contributed by atoms with Crippen molar-refractivity contribution in [3.05, 3.63) is 77.6 Å². The largest absolute Gasteiger partial charge is 0.497 e. The van der Waals surface area contributed by atoms with E-state index >= 15 is 0 Å². The molecule has 1 aromatic heterocycles. The maximum Gasteiger partial charge on any atom is 0.257 e. The van der Waals surface area contributed by atoms with Crippen LogP contribution in [0.1, 0.15) is 21.5 Å². The molecule has 0 aliphatic carbocycles. The van der Waals surface area contributed by atoms with Gasteiger partial charge in [-0.3, -0.25) is 9.78 Å². The zero-order valence-electron chi connectivity index (χ0n) is 16.2. The number of methoxy groups -OCH3 is 2. The Morgan fingerprint density at radius 2 is 1.79 bits per heavy atom. The molecular formula is C22H23N3O3. The van der Waals surface area contributed by atoms with Crippen molar-refractivity contribution in [1.82, 2.24) is 4.98 Å². The van der Waals surface area contributed by atoms with Gasteiger partial charge in [0, 0.05) is 25.0 Å². The second-order valence-electron chi connectivity index (χ2n) is 6.32. The lowest BCUT2D eigenvalue weighted by molar-refractivity contribution is 0.102. The number of aromatic nitrogens is 1. The van der Waals surface area contributed by atoms with Crippen molar-refractivity contribution in [2.75, 3.05) is 24.9 Å². The summed E-state index contributed by atoms with van der Waals surface area (Å²) in [5, 5.41) is 6.14. The molecule has 0 spiro atoms. The van der Waals surface area contributed by atoms with Gasteiger partial charge in [0.2, 0.25) is 0 Å². The lowest BCUT2D eigenvalue weighted by Gasteiger charge is -2.12. The SMILES string of the molecule is COc1ccc(OC)c(NC(=O)c2cncc(NCc3ccc(C)cc3)c2)c1. The van der Waals surface area contributed by atoms with Crippen molar-refractivity contribution >= 4 is 17.3 Å². The summed E-state index contributed by atoms with van der Waals surface area (Å²) in [7, 11) is 3.12. The van der Waals surface area contributed by atoms with Crippen LogP contribution in [0.3, 0.4) is 0 Å². The van der Waals surface area contributed by atoms with Crippen LogP contribution in [0, 0.1) is 6.92 Å². The Hall–Kier alpha value is -3.54. The van der Waals surface area contributed by atoms with Crippen LogP contribution in [0.15, 0.2) is 60.9 Å². The molecule has 2 N–H and O–H groups in total. The number of amides is 1. The summed E-state index contributed by atoms with van der Waals surface area (Å²) in [6.07, 6.45) is 3.22. The average molecular weight is 377 g/mol. The first-order valence-corrected chi connectivity index (χ1v) is 8.87. The van der Waals surface area contributed by atoms with E-state index in [0.29, 0.717) is 29.3 Å². The fraction of sp³-hybridized carbons (Fsp3) is 0.182. The van der Waals surface area contributed by atoms with Crippen LogP contribution in [0.2, 0.25) is 0 Å². The molecule has 1 amide bonds. The van der Waals surface area contributed by atoms with E-state index in [2.05, 4.69) is 46.8 Å². The predicted molar refractivity (Wildman–Crippen MR) is 110 cm³/mol. The molecule has 0 bridgehead atoms. The fourth-order valence-electron chi connectivity index (χ4n) is 2.68. The third kappa shape index (κ3) is 4.79. The molecule has 6 heteroatoms. The zero-order valence-corrected chi connectivity index (χ0v) is 16.2. The molecule has 3 aromatic rings. The normalized spacial score (nSPS) is 10.2. The van der Waals surface area contributed by atoms with Gasteiger partial charge in [-0.15, -0.1) is 0 Å². The number of nitrogens with one attached hydrogen (secondary N) is 2. The van der Waals surface area contributed by atoms with E-state index in [4.69, 9.17) is 9.47 Å². The van der Waals surface area contributed by atoms with Gasteiger partial charge >= 0.3 is 0 Å². The van der Waals surface area contributed by atoms with Gasteiger partial charge in [0.05, 0.1) is 31.2 Å². The van der Waals surface area contributed by atoms with Crippen LogP contribution in [-0.4, -0.2) is 25.1 Å². The van der Waals surface area contributed by atoms with Gasteiger partial charge < -0.3 is 20.1 Å². The number of anilines is 2. The third-order valence-corrected chi connectivity index (χ3v) is 4.27. The van der Waals surface area contributed by atoms with Gasteiger partial charge in [-0.05, 0) is 30.7 Å². The molecule has 0 unspecified atom stereocenters. The molecule has 0 saturated heterocycles. The van der Waals surface area contributed by atoms with E-state index in [-0.39, 0.29) is 5.91 Å². The maximum atomic E-state index is 12.7. The van der Waals surface area contributed by atoms with Gasteiger partial charge in [0.25, 0.3) is 5.91 Å². The number of ether oxygens (including phenoxy) is 2. The topological polar surface area (TPSA) is 72.5 Å². The number of benzene rings is 2. The van der Waals surface area contributed by atoms with Crippen LogP contribution in [0.5, 0.6) is 11.5 Å². The van der Waals surface area contributed by atoms with E-state index in [0.717, 1.165) is 11.3 Å². The number of carbonyl (C=O) groups is 1. The van der Waals surface area contributed by atoms with Crippen molar-refractivity contribution in [3.8, 4) is 11.5 Å². The standard InChI is InChI=1S/C22H23N3O3/c1-15-4-6-16(7-5-15)12-24-18-10-17(13-23-14-18)22(26)25-20-11-19(27-2)8-9-21(20)28-3/h4-11,13-14,24H,12H2,1-3H3,(H,25,26). The van der Waals surface area contributed by atoms with Gasteiger partial charge in [0.15, 0.2) is 0 Å². The third-order valence-electron chi connectivity index (χ3n) is 4.27. The number of aryl methyl sites for hydroxylation is 1. The Kier molecular flexibility index (Phi) is 6.11. The molecule has 0 aliphatic rings. The Morgan fingerprint density at radius 3 is 2.50 bits per heavy atom. The highest BCUT2D eigenvalue weighted by molar-refractivity contribution is 6.05. The molecule has 0 radical (unpaired) electrons. The van der Waals surface area contributed by atoms with E-state index in [1.54, 1.807) is 44.7 Å². The second kappa shape index (κ2) is 8.90. The molecule has 0 fully saturated rings. The first-order valence-electron chi connectivity index (χ1n) is 8.87. The molecular weight excluding hydrogens is 354 g/mol. The van der Waals surface area contributed by atoms with Crippen molar-refractivity contribution in [2.45, 2.75) is 13.5 Å². The van der Waals surface area contributed by atoms with E-state index in [1.165, 1.54) is 11.8 Å². The molecule has 6 nitrogen and oxygen atoms in total. The minimum Gasteiger partial charge on any atom is -0.497 e. The van der Waals surface area contributed by atoms with Crippen molar-refractivity contribution < 1.29 is 14.3 Å². The van der Waals surface area contributed by atoms with Gasteiger partial charge in [-0.1, -0.05) is 29.8 Å². The molecule has 0 saturated carbocycles. The van der Waals surface area contributed by atoms with Crippen LogP contribution in [-0.2, 0) is 6.54 Å². The molecule has 28 heavy (non-hydrogen) atoms. The Balaban J connectivity index is 1.71. The smallest absolute Gasteiger partial charge is 0.257 e. The van der Waals surface area contributed by atoms with E-state index in [1.807, 2.05) is 0 Å². The number of nitrogens with zero attached hydrogens (tertiary/aromatic N) is 1. The summed E-state index contributed by atoms with van der Waals surface area (Å²) in [6.45, 7) is 2.71. The van der Waals surface area contributed by atoms with Crippen LogP contribution in [0.25, 0.3) is 0 Å². The highest BCUT2D eigenvalue weighted by atomic mass is 16.5. The van der Waals surface area contributed by atoms with Crippen molar-refractivity contribution in [3.63, 3.8) is 0 Å². The summed E-state index contributed by atoms with van der Waals surface area (Å²) >= 11 is 0. The van der Waals surface area contributed by atoms with Gasteiger partial charge in [-0.25, -0.2) is 0 Å². The minimum atomic E-state index is -0.280. The molecule has 1 heterocycles. The number of hydrogen-bond acceptors (Lipinski definition) is 5. The van der Waals surface area contributed by atoms with Crippen LogP contribution >= 0.6 is 0 Å². The highest BCUT2D eigenvalue weighted by Gasteiger charge is 2.12. The van der Waals surface area contributed by atoms with Gasteiger partial charge in [0.1, 0.15) is 11.5 Å². The number of carbonyl (C=O) groups excluding carboxylic acids is 1. The maximum absolute atomic E-state index is 12.7. The monoisotopic (exact) mass is 377 g/mol. The summed E-state index contributed by atoms with van der Waals surface area (Å²) in [5.41, 5.74) is 4.12. The Morgan fingerprint density at radius 1 is 1.00 bits per heavy atom. The summed E-state index contributed by atoms with van der Waals surface area (Å²) in [4.78, 5) is 16.8. The molecule has 2 aromatic carbocycles. The number of rotatable bonds is 7. The predicted octanol–water partition coefficient (Wildman–Crippen LogP) is 4.27. The molecule has 0 aliphatic heterocycles. The van der Waals surface area contributed by atoms with Crippen LogP contribution < -0.4 is 20.1 Å². The lowest BCUT2D eigenvalue weighted by atomic mass is 10.1. The van der Waals surface area contributed by atoms with Crippen LogP contribution in [0.4, 0.5) is 11.4 Å². The highest BCUT2D eigenvalue weighted by Crippen LogP contribution is 2.29. The summed E-state index contributed by atoms with van der Waals surface area (Å²) in [5.74, 6) is 0.900. The van der Waals surface area contributed by atoms with Crippen molar-refractivity contribution in [1.29, 1.82) is 0 Å². The van der Waals surface area contributed by atoms with E-state index < -0.39 is 0 Å². The summed E-state index contributed by atoms with van der Waals surface area (Å²) < 4.78 is 10.5. The van der Waals surface area contributed by atoms with Gasteiger partial charge in [-0.2, -0.15) is 0 Å². The summed E-state index contributed by atoms with van der Waals surface area (Å²) in [6, 6.07) is 15.3. The number of pyridine rings is 1. The second-order valence-corrected chi connectivity index (χ2v) is 6.32. The number of hydrogen-bond donors (Lipinski definition) is 2. The average Bonchev–Trinajstić information content (AvgIpc) is 2.73. The quantitative estimate of drug-likeness (QED) is 0.643. The first-order chi connectivity index (χ1) is 13.6. The fourth-order valence-corrected chi connectivity index (χ4v) is 2.68. The lowest BCUT2D eigenvalue weighted by Crippen LogP contribution is -2.13. The Labute approximate surface area is 164 Å². The zero-order chi connectivity index (χ0) is 19.9. The van der Waals surface area contributed by atoms with E-state index in [9.17, 15) is 4.79 Å².